The number of carbonyl (C=O) groups excluding carboxylic acids is 1. The molecule has 0 aliphatic carbocycles. The summed E-state index contributed by atoms with van der Waals surface area (Å²) in [5.74, 6) is 0.123. The van der Waals surface area contributed by atoms with Gasteiger partial charge in [0.05, 0.1) is 11.7 Å². The number of hydrogen-bond donors (Lipinski definition) is 2. The van der Waals surface area contributed by atoms with E-state index in [0.29, 0.717) is 10.9 Å². The Labute approximate surface area is 127 Å². The van der Waals surface area contributed by atoms with Crippen LogP contribution < -0.4 is 11.1 Å². The third-order valence-electron chi connectivity index (χ3n) is 2.80. The van der Waals surface area contributed by atoms with Crippen LogP contribution in [0.1, 0.15) is 13.3 Å². The fourth-order valence-electron chi connectivity index (χ4n) is 1.72. The normalized spacial score (nSPS) is 12.2. The minimum Gasteiger partial charge on any atom is -0.368 e. The van der Waals surface area contributed by atoms with Crippen LogP contribution in [-0.2, 0) is 4.79 Å². The van der Waals surface area contributed by atoms with Crippen LogP contribution in [-0.4, -0.2) is 44.5 Å². The first-order valence-electron chi connectivity index (χ1n) is 6.71. The van der Waals surface area contributed by atoms with Crippen molar-refractivity contribution < 1.29 is 4.79 Å². The molecule has 1 unspecified atom stereocenters. The van der Waals surface area contributed by atoms with Crippen molar-refractivity contribution in [1.82, 2.24) is 25.5 Å². The van der Waals surface area contributed by atoms with Crippen molar-refractivity contribution in [3.8, 4) is 5.69 Å². The SMILES string of the molecule is CCCNC(CSc1nnnn1-c1ccccc1)C(N)=O. The maximum absolute atomic E-state index is 11.4. The first-order valence-corrected chi connectivity index (χ1v) is 7.70. The van der Waals surface area contributed by atoms with E-state index in [0.717, 1.165) is 18.7 Å². The topological polar surface area (TPSA) is 98.7 Å². The number of tetrazole rings is 1. The summed E-state index contributed by atoms with van der Waals surface area (Å²) in [5.41, 5.74) is 6.27. The largest absolute Gasteiger partial charge is 0.368 e. The van der Waals surface area contributed by atoms with Crippen LogP contribution >= 0.6 is 11.8 Å². The summed E-state index contributed by atoms with van der Waals surface area (Å²) in [6, 6.07) is 9.21. The number of nitrogens with one attached hydrogen (secondary N) is 1. The van der Waals surface area contributed by atoms with Gasteiger partial charge >= 0.3 is 0 Å². The molecule has 0 radical (unpaired) electrons. The number of hydrogen-bond acceptors (Lipinski definition) is 6. The highest BCUT2D eigenvalue weighted by Gasteiger charge is 2.17. The van der Waals surface area contributed by atoms with E-state index in [2.05, 4.69) is 20.8 Å². The monoisotopic (exact) mass is 306 g/mol. The molecule has 0 aliphatic rings. The van der Waals surface area contributed by atoms with Gasteiger partial charge < -0.3 is 11.1 Å². The fraction of sp³-hybridized carbons (Fsp3) is 0.385. The summed E-state index contributed by atoms with van der Waals surface area (Å²) in [6.07, 6.45) is 0.941. The van der Waals surface area contributed by atoms with Crippen molar-refractivity contribution in [3.05, 3.63) is 30.3 Å². The zero-order chi connectivity index (χ0) is 15.1. The first kappa shape index (κ1) is 15.5. The van der Waals surface area contributed by atoms with Gasteiger partial charge in [0.1, 0.15) is 0 Å². The highest BCUT2D eigenvalue weighted by atomic mass is 32.2. The van der Waals surface area contributed by atoms with Crippen molar-refractivity contribution in [3.63, 3.8) is 0 Å². The number of thioether (sulfide) groups is 1. The van der Waals surface area contributed by atoms with Gasteiger partial charge in [-0.25, -0.2) is 0 Å². The van der Waals surface area contributed by atoms with E-state index in [1.807, 2.05) is 37.3 Å². The summed E-state index contributed by atoms with van der Waals surface area (Å²) >= 11 is 1.40. The molecule has 7 nitrogen and oxygen atoms in total. The number of amides is 1. The van der Waals surface area contributed by atoms with Gasteiger partial charge in [0.15, 0.2) is 0 Å². The van der Waals surface area contributed by atoms with Gasteiger partial charge in [-0.2, -0.15) is 4.68 Å². The van der Waals surface area contributed by atoms with E-state index >= 15 is 0 Å². The zero-order valence-corrected chi connectivity index (χ0v) is 12.6. The van der Waals surface area contributed by atoms with Crippen LogP contribution in [0.3, 0.4) is 0 Å². The van der Waals surface area contributed by atoms with Crippen LogP contribution in [0, 0.1) is 0 Å². The Morgan fingerprint density at radius 1 is 1.43 bits per heavy atom. The number of nitrogens with zero attached hydrogens (tertiary/aromatic N) is 4. The zero-order valence-electron chi connectivity index (χ0n) is 11.8. The number of benzene rings is 1. The standard InChI is InChI=1S/C13H18N6OS/c1-2-8-15-11(12(14)20)9-21-13-16-17-18-19(13)10-6-4-3-5-7-10/h3-7,11,15H,2,8-9H2,1H3,(H2,14,20). The first-order chi connectivity index (χ1) is 10.2. The van der Waals surface area contributed by atoms with Crippen molar-refractivity contribution in [2.24, 2.45) is 5.73 Å². The van der Waals surface area contributed by atoms with Crippen molar-refractivity contribution in [1.29, 1.82) is 0 Å². The molecule has 3 N–H and O–H groups in total. The number of primary amides is 1. The van der Waals surface area contributed by atoms with E-state index in [9.17, 15) is 4.79 Å². The molecule has 1 amide bonds. The molecule has 0 fully saturated rings. The molecule has 1 aromatic heterocycles. The lowest BCUT2D eigenvalue weighted by molar-refractivity contribution is -0.119. The molecule has 0 spiro atoms. The van der Waals surface area contributed by atoms with E-state index in [-0.39, 0.29) is 5.91 Å². The van der Waals surface area contributed by atoms with Crippen LogP contribution in [0.15, 0.2) is 35.5 Å². The molecule has 1 heterocycles. The minimum absolute atomic E-state index is 0.366. The van der Waals surface area contributed by atoms with E-state index in [1.54, 1.807) is 4.68 Å². The Morgan fingerprint density at radius 2 is 2.19 bits per heavy atom. The molecule has 1 atom stereocenters. The average Bonchev–Trinajstić information content (AvgIpc) is 2.96. The van der Waals surface area contributed by atoms with Crippen LogP contribution in [0.25, 0.3) is 5.69 Å². The van der Waals surface area contributed by atoms with E-state index in [1.165, 1.54) is 11.8 Å². The van der Waals surface area contributed by atoms with E-state index < -0.39 is 6.04 Å². The van der Waals surface area contributed by atoms with Gasteiger partial charge in [0, 0.05) is 5.75 Å². The number of carbonyl (C=O) groups is 1. The molecule has 112 valence electrons. The van der Waals surface area contributed by atoms with Gasteiger partial charge in [-0.15, -0.1) is 5.10 Å². The molecule has 0 saturated heterocycles. The maximum atomic E-state index is 11.4. The number of rotatable bonds is 8. The van der Waals surface area contributed by atoms with Gasteiger partial charge in [-0.3, -0.25) is 4.79 Å². The smallest absolute Gasteiger partial charge is 0.235 e. The Hall–Kier alpha value is -1.93. The Balaban J connectivity index is 2.03. The minimum atomic E-state index is -0.393. The van der Waals surface area contributed by atoms with Gasteiger partial charge in [0.2, 0.25) is 11.1 Å². The average molecular weight is 306 g/mol. The highest BCUT2D eigenvalue weighted by Crippen LogP contribution is 2.18. The molecule has 1 aromatic carbocycles. The van der Waals surface area contributed by atoms with Crippen LogP contribution in [0.2, 0.25) is 0 Å². The molecule has 21 heavy (non-hydrogen) atoms. The summed E-state index contributed by atoms with van der Waals surface area (Å²) in [4.78, 5) is 11.4. The quantitative estimate of drug-likeness (QED) is 0.693. The van der Waals surface area contributed by atoms with Crippen molar-refractivity contribution in [2.45, 2.75) is 24.5 Å². The second-order valence-electron chi connectivity index (χ2n) is 4.43. The van der Waals surface area contributed by atoms with Crippen LogP contribution in [0.4, 0.5) is 0 Å². The number of aromatic nitrogens is 4. The molecular weight excluding hydrogens is 288 g/mol. The fourth-order valence-corrected chi connectivity index (χ4v) is 2.67. The van der Waals surface area contributed by atoms with Gasteiger partial charge in [-0.1, -0.05) is 36.9 Å². The number of nitrogens with two attached hydrogens (primary N) is 1. The molecule has 0 aliphatic heterocycles. The predicted octanol–water partition coefficient (Wildman–Crippen LogP) is 0.608. The third kappa shape index (κ3) is 4.27. The second kappa shape index (κ2) is 7.75. The summed E-state index contributed by atoms with van der Waals surface area (Å²) < 4.78 is 1.64. The summed E-state index contributed by atoms with van der Waals surface area (Å²) in [5, 5.41) is 15.4. The Kier molecular flexibility index (Phi) is 5.70. The van der Waals surface area contributed by atoms with Gasteiger partial charge in [0.25, 0.3) is 0 Å². The molecule has 2 aromatic rings. The second-order valence-corrected chi connectivity index (χ2v) is 5.42. The molecule has 0 bridgehead atoms. The molecule has 8 heteroatoms. The van der Waals surface area contributed by atoms with Gasteiger partial charge in [-0.05, 0) is 35.5 Å². The third-order valence-corrected chi connectivity index (χ3v) is 3.82. The van der Waals surface area contributed by atoms with E-state index in [4.69, 9.17) is 5.73 Å². The molecule has 2 rings (SSSR count). The Morgan fingerprint density at radius 3 is 2.86 bits per heavy atom. The van der Waals surface area contributed by atoms with Crippen molar-refractivity contribution in [2.75, 3.05) is 12.3 Å². The van der Waals surface area contributed by atoms with Crippen molar-refractivity contribution >= 4 is 17.7 Å². The Bertz CT molecular complexity index is 573. The summed E-state index contributed by atoms with van der Waals surface area (Å²) in [7, 11) is 0. The predicted molar refractivity (Wildman–Crippen MR) is 81.2 cm³/mol. The lowest BCUT2D eigenvalue weighted by Gasteiger charge is -2.13. The lowest BCUT2D eigenvalue weighted by Crippen LogP contribution is -2.43. The molecular formula is C13H18N6OS. The molecule has 0 saturated carbocycles. The highest BCUT2D eigenvalue weighted by molar-refractivity contribution is 7.99. The van der Waals surface area contributed by atoms with Crippen LogP contribution in [0.5, 0.6) is 0 Å². The number of para-hydroxylation sites is 1. The summed E-state index contributed by atoms with van der Waals surface area (Å²) in [6.45, 7) is 2.78. The maximum Gasteiger partial charge on any atom is 0.235 e. The lowest BCUT2D eigenvalue weighted by atomic mass is 10.3.